The Hall–Kier alpha value is -2.88. The molecule has 2 aromatic rings. The molecule has 0 fully saturated rings. The highest BCUT2D eigenvalue weighted by Crippen LogP contribution is 2.20. The third-order valence-electron chi connectivity index (χ3n) is 2.15. The Morgan fingerprint density at radius 3 is 2.88 bits per heavy atom. The number of anilines is 1. The number of para-hydroxylation sites is 1. The number of aromatic nitrogens is 3. The van der Waals surface area contributed by atoms with Gasteiger partial charge in [0.1, 0.15) is 12.4 Å². The number of nitriles is 1. The molecule has 0 aliphatic heterocycles. The number of hydrogen-bond donors (Lipinski definition) is 2. The molecular formula is C10H7N5O2. The lowest BCUT2D eigenvalue weighted by Gasteiger charge is -2.06. The Kier molecular flexibility index (Phi) is 2.46. The normalized spacial score (nSPS) is 9.82. The first-order chi connectivity index (χ1) is 8.13. The summed E-state index contributed by atoms with van der Waals surface area (Å²) in [6.45, 7) is 0. The van der Waals surface area contributed by atoms with Gasteiger partial charge in [0.25, 0.3) is 5.82 Å². The molecule has 0 bridgehead atoms. The minimum atomic E-state index is -1.12. The van der Waals surface area contributed by atoms with Crippen molar-refractivity contribution in [3.05, 3.63) is 35.9 Å². The van der Waals surface area contributed by atoms with Crippen molar-refractivity contribution in [2.75, 3.05) is 5.73 Å². The first kappa shape index (κ1) is 10.6. The summed E-state index contributed by atoms with van der Waals surface area (Å²) < 4.78 is 1.26. The standard InChI is InChI=1S/C10H7N5O2/c11-4-8-13-5-15(14-8)7-3-1-2-6(9(7)12)10(16)17/h1-3,5H,12H2,(H,16,17). The number of aromatic carboxylic acids is 1. The molecule has 17 heavy (non-hydrogen) atoms. The van der Waals surface area contributed by atoms with Crippen LogP contribution in [-0.4, -0.2) is 25.8 Å². The fraction of sp³-hybridized carbons (Fsp3) is 0. The van der Waals surface area contributed by atoms with Crippen molar-refractivity contribution >= 4 is 11.7 Å². The lowest BCUT2D eigenvalue weighted by Crippen LogP contribution is -2.07. The van der Waals surface area contributed by atoms with Gasteiger partial charge in [-0.1, -0.05) is 6.07 Å². The van der Waals surface area contributed by atoms with E-state index in [1.165, 1.54) is 17.1 Å². The number of carbonyl (C=O) groups is 1. The van der Waals surface area contributed by atoms with Crippen molar-refractivity contribution in [3.8, 4) is 11.8 Å². The van der Waals surface area contributed by atoms with E-state index in [9.17, 15) is 4.79 Å². The van der Waals surface area contributed by atoms with Gasteiger partial charge in [-0.2, -0.15) is 5.26 Å². The summed E-state index contributed by atoms with van der Waals surface area (Å²) in [5, 5.41) is 21.3. The van der Waals surface area contributed by atoms with Gasteiger partial charge >= 0.3 is 5.97 Å². The number of nitrogens with zero attached hydrogens (tertiary/aromatic N) is 4. The minimum Gasteiger partial charge on any atom is -0.478 e. The lowest BCUT2D eigenvalue weighted by atomic mass is 10.1. The molecule has 0 aliphatic carbocycles. The van der Waals surface area contributed by atoms with E-state index < -0.39 is 5.97 Å². The summed E-state index contributed by atoms with van der Waals surface area (Å²) in [7, 11) is 0. The number of carboxylic acid groups (broad SMARTS) is 1. The van der Waals surface area contributed by atoms with Crippen LogP contribution in [0.2, 0.25) is 0 Å². The van der Waals surface area contributed by atoms with Gasteiger partial charge in [-0.25, -0.2) is 14.5 Å². The van der Waals surface area contributed by atoms with Crippen LogP contribution in [0.4, 0.5) is 5.69 Å². The third kappa shape index (κ3) is 1.79. The van der Waals surface area contributed by atoms with Gasteiger partial charge in [0, 0.05) is 0 Å². The molecule has 0 amide bonds. The number of hydrogen-bond acceptors (Lipinski definition) is 5. The molecule has 0 saturated heterocycles. The van der Waals surface area contributed by atoms with Gasteiger partial charge in [0.15, 0.2) is 0 Å². The van der Waals surface area contributed by atoms with Crippen LogP contribution < -0.4 is 5.73 Å². The highest BCUT2D eigenvalue weighted by atomic mass is 16.4. The number of benzene rings is 1. The minimum absolute atomic E-state index is 0.00914. The van der Waals surface area contributed by atoms with Crippen LogP contribution in [0, 0.1) is 11.3 Å². The molecule has 0 saturated carbocycles. The summed E-state index contributed by atoms with van der Waals surface area (Å²) in [6, 6.07) is 6.31. The van der Waals surface area contributed by atoms with Gasteiger partial charge in [-0.15, -0.1) is 5.10 Å². The molecule has 84 valence electrons. The van der Waals surface area contributed by atoms with Gasteiger partial charge in [0.2, 0.25) is 0 Å². The SMILES string of the molecule is N#Cc1ncn(-c2cccc(C(=O)O)c2N)n1. The van der Waals surface area contributed by atoms with Crippen LogP contribution in [0.1, 0.15) is 16.2 Å². The largest absolute Gasteiger partial charge is 0.478 e. The lowest BCUT2D eigenvalue weighted by molar-refractivity contribution is 0.0698. The number of rotatable bonds is 2. The Morgan fingerprint density at radius 1 is 1.53 bits per heavy atom. The van der Waals surface area contributed by atoms with Crippen molar-refractivity contribution in [2.45, 2.75) is 0 Å². The highest BCUT2D eigenvalue weighted by molar-refractivity contribution is 5.95. The third-order valence-corrected chi connectivity index (χ3v) is 2.15. The van der Waals surface area contributed by atoms with Gasteiger partial charge in [0.05, 0.1) is 16.9 Å². The van der Waals surface area contributed by atoms with E-state index in [0.29, 0.717) is 5.69 Å². The Morgan fingerprint density at radius 2 is 2.29 bits per heavy atom. The first-order valence-electron chi connectivity index (χ1n) is 4.57. The second-order valence-corrected chi connectivity index (χ2v) is 3.17. The van der Waals surface area contributed by atoms with Gasteiger partial charge < -0.3 is 10.8 Å². The molecule has 3 N–H and O–H groups in total. The number of nitrogens with two attached hydrogens (primary N) is 1. The predicted molar refractivity (Wildman–Crippen MR) is 57.4 cm³/mol. The van der Waals surface area contributed by atoms with Crippen LogP contribution in [0.15, 0.2) is 24.5 Å². The number of nitrogen functional groups attached to an aromatic ring is 1. The van der Waals surface area contributed by atoms with Crippen molar-refractivity contribution in [1.82, 2.24) is 14.8 Å². The summed E-state index contributed by atoms with van der Waals surface area (Å²) in [5.41, 5.74) is 6.15. The summed E-state index contributed by atoms with van der Waals surface area (Å²) in [5.74, 6) is -1.13. The molecule has 0 aliphatic rings. The van der Waals surface area contributed by atoms with Crippen LogP contribution in [0.5, 0.6) is 0 Å². The van der Waals surface area contributed by atoms with E-state index in [2.05, 4.69) is 10.1 Å². The second-order valence-electron chi connectivity index (χ2n) is 3.17. The molecule has 7 heteroatoms. The fourth-order valence-corrected chi connectivity index (χ4v) is 1.37. The molecule has 7 nitrogen and oxygen atoms in total. The van der Waals surface area contributed by atoms with Crippen molar-refractivity contribution in [3.63, 3.8) is 0 Å². The molecule has 0 unspecified atom stereocenters. The van der Waals surface area contributed by atoms with Crippen molar-refractivity contribution in [1.29, 1.82) is 5.26 Å². The maximum Gasteiger partial charge on any atom is 0.337 e. The quantitative estimate of drug-likeness (QED) is 0.720. The second kappa shape index (κ2) is 3.94. The predicted octanol–water partition coefficient (Wildman–Crippen LogP) is 0.419. The zero-order valence-corrected chi connectivity index (χ0v) is 8.53. The molecule has 2 rings (SSSR count). The van der Waals surface area contributed by atoms with Crippen LogP contribution in [0.3, 0.4) is 0 Å². The molecule has 0 atom stereocenters. The zero-order chi connectivity index (χ0) is 12.4. The van der Waals surface area contributed by atoms with E-state index in [-0.39, 0.29) is 17.1 Å². The van der Waals surface area contributed by atoms with Gasteiger partial charge in [-0.05, 0) is 12.1 Å². The van der Waals surface area contributed by atoms with Gasteiger partial charge in [-0.3, -0.25) is 0 Å². The maximum atomic E-state index is 10.9. The average molecular weight is 229 g/mol. The van der Waals surface area contributed by atoms with Crippen LogP contribution >= 0.6 is 0 Å². The van der Waals surface area contributed by atoms with E-state index >= 15 is 0 Å². The van der Waals surface area contributed by atoms with E-state index in [4.69, 9.17) is 16.1 Å². The summed E-state index contributed by atoms with van der Waals surface area (Å²) in [6.07, 6.45) is 1.30. The maximum absolute atomic E-state index is 10.9. The fourth-order valence-electron chi connectivity index (χ4n) is 1.37. The topological polar surface area (TPSA) is 118 Å². The van der Waals surface area contributed by atoms with Crippen molar-refractivity contribution < 1.29 is 9.90 Å². The first-order valence-corrected chi connectivity index (χ1v) is 4.57. The molecule has 1 heterocycles. The summed E-state index contributed by atoms with van der Waals surface area (Å²) >= 11 is 0. The molecule has 0 spiro atoms. The molecule has 1 aromatic heterocycles. The molecule has 1 aromatic carbocycles. The summed E-state index contributed by atoms with van der Waals surface area (Å²) in [4.78, 5) is 14.6. The van der Waals surface area contributed by atoms with E-state index in [0.717, 1.165) is 0 Å². The monoisotopic (exact) mass is 229 g/mol. The Bertz CT molecular complexity index is 626. The Labute approximate surface area is 95.7 Å². The molecule has 0 radical (unpaired) electrons. The van der Waals surface area contributed by atoms with E-state index in [1.54, 1.807) is 18.2 Å². The zero-order valence-electron chi connectivity index (χ0n) is 8.53. The van der Waals surface area contributed by atoms with E-state index in [1.807, 2.05) is 0 Å². The highest BCUT2D eigenvalue weighted by Gasteiger charge is 2.13. The Balaban J connectivity index is 2.57. The average Bonchev–Trinajstić information content (AvgIpc) is 2.77. The van der Waals surface area contributed by atoms with Crippen molar-refractivity contribution in [2.24, 2.45) is 0 Å². The smallest absolute Gasteiger partial charge is 0.337 e. The number of carboxylic acids is 1. The molecular weight excluding hydrogens is 222 g/mol. The van der Waals surface area contributed by atoms with Crippen LogP contribution in [0.25, 0.3) is 5.69 Å². The van der Waals surface area contributed by atoms with Crippen LogP contribution in [-0.2, 0) is 0 Å².